The minimum Gasteiger partial charge on any atom is -0.380 e. The molecule has 0 aliphatic carbocycles. The Morgan fingerprint density at radius 2 is 1.67 bits per heavy atom. The number of carbonyl (C=O) groups is 1. The second kappa shape index (κ2) is 9.41. The molecule has 0 heterocycles. The Labute approximate surface area is 123 Å². The van der Waals surface area contributed by atoms with Gasteiger partial charge in [-0.3, -0.25) is 4.79 Å². The lowest BCUT2D eigenvalue weighted by molar-refractivity contribution is 0.0545. The van der Waals surface area contributed by atoms with E-state index in [2.05, 4.69) is 0 Å². The molecule has 0 aliphatic heterocycles. The Morgan fingerprint density at radius 3 is 2.19 bits per heavy atom. The first-order valence-electron chi connectivity index (χ1n) is 7.00. The Balaban J connectivity index is 2.79. The van der Waals surface area contributed by atoms with Crippen LogP contribution in [-0.2, 0) is 9.47 Å². The van der Waals surface area contributed by atoms with Gasteiger partial charge in [-0.25, -0.2) is 8.78 Å². The zero-order valence-corrected chi connectivity index (χ0v) is 12.4. The van der Waals surface area contributed by atoms with Crippen LogP contribution in [0.2, 0.25) is 0 Å². The van der Waals surface area contributed by atoms with Crippen LogP contribution in [0.15, 0.2) is 18.2 Å². The molecule has 0 fully saturated rings. The Bertz CT molecular complexity index is 445. The number of halogens is 2. The highest BCUT2D eigenvalue weighted by Crippen LogP contribution is 2.13. The molecule has 1 amide bonds. The quantitative estimate of drug-likeness (QED) is 0.658. The van der Waals surface area contributed by atoms with E-state index >= 15 is 0 Å². The predicted molar refractivity (Wildman–Crippen MR) is 75.2 cm³/mol. The molecule has 1 rings (SSSR count). The third-order valence-corrected chi connectivity index (χ3v) is 2.89. The average molecular weight is 301 g/mol. The molecule has 6 heteroatoms. The molecule has 0 radical (unpaired) electrons. The van der Waals surface area contributed by atoms with E-state index in [-0.39, 0.29) is 5.56 Å². The molecule has 0 saturated carbocycles. The van der Waals surface area contributed by atoms with Gasteiger partial charge in [-0.05, 0) is 26.0 Å². The molecule has 0 unspecified atom stereocenters. The molecule has 4 nitrogen and oxygen atoms in total. The predicted octanol–water partition coefficient (Wildman–Crippen LogP) is 2.48. The molecular weight excluding hydrogens is 280 g/mol. The molecular formula is C15H21F2NO3. The second-order valence-corrected chi connectivity index (χ2v) is 4.29. The summed E-state index contributed by atoms with van der Waals surface area (Å²) in [5, 5.41) is 0. The normalized spacial score (nSPS) is 10.7. The van der Waals surface area contributed by atoms with Gasteiger partial charge in [-0.15, -0.1) is 0 Å². The van der Waals surface area contributed by atoms with E-state index in [1.807, 2.05) is 13.8 Å². The fourth-order valence-electron chi connectivity index (χ4n) is 1.79. The van der Waals surface area contributed by atoms with E-state index < -0.39 is 17.5 Å². The summed E-state index contributed by atoms with van der Waals surface area (Å²) >= 11 is 0. The number of hydrogen-bond donors (Lipinski definition) is 0. The largest absolute Gasteiger partial charge is 0.380 e. The highest BCUT2D eigenvalue weighted by Gasteiger charge is 2.20. The average Bonchev–Trinajstić information content (AvgIpc) is 2.48. The Morgan fingerprint density at radius 1 is 1.10 bits per heavy atom. The molecule has 0 aromatic heterocycles. The smallest absolute Gasteiger partial charge is 0.257 e. The van der Waals surface area contributed by atoms with Crippen LogP contribution in [0, 0.1) is 11.6 Å². The van der Waals surface area contributed by atoms with Crippen molar-refractivity contribution < 1.29 is 23.0 Å². The van der Waals surface area contributed by atoms with Gasteiger partial charge >= 0.3 is 0 Å². The minimum absolute atomic E-state index is 0.275. The number of nitrogens with zero attached hydrogens (tertiary/aromatic N) is 1. The van der Waals surface area contributed by atoms with Crippen molar-refractivity contribution in [3.8, 4) is 0 Å². The molecule has 0 N–H and O–H groups in total. The molecule has 0 atom stereocenters. The van der Waals surface area contributed by atoms with E-state index in [4.69, 9.17) is 9.47 Å². The fourth-order valence-corrected chi connectivity index (χ4v) is 1.79. The van der Waals surface area contributed by atoms with Gasteiger partial charge in [0, 0.05) is 26.3 Å². The maximum Gasteiger partial charge on any atom is 0.257 e. The summed E-state index contributed by atoms with van der Waals surface area (Å²) in [6, 6.07) is 3.57. The number of benzene rings is 1. The molecule has 0 bridgehead atoms. The van der Waals surface area contributed by atoms with Crippen molar-refractivity contribution in [1.82, 2.24) is 4.90 Å². The van der Waals surface area contributed by atoms with Gasteiger partial charge in [-0.1, -0.05) is 6.07 Å². The van der Waals surface area contributed by atoms with Crippen molar-refractivity contribution in [3.63, 3.8) is 0 Å². The zero-order valence-electron chi connectivity index (χ0n) is 12.4. The summed E-state index contributed by atoms with van der Waals surface area (Å²) in [5.74, 6) is -2.72. The fraction of sp³-hybridized carbons (Fsp3) is 0.533. The highest BCUT2D eigenvalue weighted by atomic mass is 19.2. The summed E-state index contributed by atoms with van der Waals surface area (Å²) in [6.07, 6.45) is 0. The summed E-state index contributed by atoms with van der Waals surface area (Å²) in [7, 11) is 0. The lowest BCUT2D eigenvalue weighted by Gasteiger charge is -2.22. The third-order valence-electron chi connectivity index (χ3n) is 2.89. The van der Waals surface area contributed by atoms with Gasteiger partial charge in [-0.2, -0.15) is 0 Å². The van der Waals surface area contributed by atoms with E-state index in [1.165, 1.54) is 17.0 Å². The van der Waals surface area contributed by atoms with Crippen LogP contribution in [-0.4, -0.2) is 50.3 Å². The zero-order chi connectivity index (χ0) is 15.7. The van der Waals surface area contributed by atoms with Gasteiger partial charge in [0.1, 0.15) is 0 Å². The van der Waals surface area contributed by atoms with Crippen LogP contribution in [0.4, 0.5) is 8.78 Å². The highest BCUT2D eigenvalue weighted by molar-refractivity contribution is 5.94. The monoisotopic (exact) mass is 301 g/mol. The van der Waals surface area contributed by atoms with Crippen molar-refractivity contribution in [3.05, 3.63) is 35.4 Å². The molecule has 1 aromatic carbocycles. The summed E-state index contributed by atoms with van der Waals surface area (Å²) in [4.78, 5) is 13.7. The van der Waals surface area contributed by atoms with Crippen LogP contribution in [0.5, 0.6) is 0 Å². The van der Waals surface area contributed by atoms with Gasteiger partial charge < -0.3 is 14.4 Å². The Hall–Kier alpha value is -1.53. The van der Waals surface area contributed by atoms with E-state index in [1.54, 1.807) is 0 Å². The van der Waals surface area contributed by atoms with Crippen molar-refractivity contribution in [1.29, 1.82) is 0 Å². The first-order valence-corrected chi connectivity index (χ1v) is 7.00. The first-order chi connectivity index (χ1) is 10.1. The lowest BCUT2D eigenvalue weighted by atomic mass is 10.1. The van der Waals surface area contributed by atoms with Gasteiger partial charge in [0.25, 0.3) is 5.91 Å². The number of rotatable bonds is 9. The molecule has 0 spiro atoms. The van der Waals surface area contributed by atoms with E-state index in [0.29, 0.717) is 39.5 Å². The molecule has 0 saturated heterocycles. The van der Waals surface area contributed by atoms with Crippen molar-refractivity contribution in [2.75, 3.05) is 39.5 Å². The second-order valence-electron chi connectivity index (χ2n) is 4.29. The minimum atomic E-state index is -1.12. The van der Waals surface area contributed by atoms with Crippen LogP contribution < -0.4 is 0 Å². The number of hydrogen-bond acceptors (Lipinski definition) is 3. The van der Waals surface area contributed by atoms with E-state index in [0.717, 1.165) is 6.07 Å². The van der Waals surface area contributed by atoms with Gasteiger partial charge in [0.2, 0.25) is 0 Å². The van der Waals surface area contributed by atoms with E-state index in [9.17, 15) is 13.6 Å². The molecule has 21 heavy (non-hydrogen) atoms. The maximum atomic E-state index is 13.7. The molecule has 1 aromatic rings. The van der Waals surface area contributed by atoms with Gasteiger partial charge in [0.15, 0.2) is 11.6 Å². The van der Waals surface area contributed by atoms with Crippen molar-refractivity contribution in [2.45, 2.75) is 13.8 Å². The SMILES string of the molecule is CCOCCN(CCOCC)C(=O)c1cccc(F)c1F. The van der Waals surface area contributed by atoms with Crippen LogP contribution in [0.3, 0.4) is 0 Å². The molecule has 118 valence electrons. The number of ether oxygens (including phenoxy) is 2. The van der Waals surface area contributed by atoms with Gasteiger partial charge in [0.05, 0.1) is 18.8 Å². The van der Waals surface area contributed by atoms with Crippen molar-refractivity contribution in [2.24, 2.45) is 0 Å². The summed E-state index contributed by atoms with van der Waals surface area (Å²) < 4.78 is 37.3. The maximum absolute atomic E-state index is 13.7. The van der Waals surface area contributed by atoms with Crippen LogP contribution in [0.1, 0.15) is 24.2 Å². The number of carbonyl (C=O) groups excluding carboxylic acids is 1. The summed E-state index contributed by atoms with van der Waals surface area (Å²) in [6.45, 7) is 6.03. The van der Waals surface area contributed by atoms with Crippen molar-refractivity contribution >= 4 is 5.91 Å². The topological polar surface area (TPSA) is 38.8 Å². The summed E-state index contributed by atoms with van der Waals surface area (Å²) in [5.41, 5.74) is -0.275. The Kier molecular flexibility index (Phi) is 7.85. The van der Waals surface area contributed by atoms with Crippen LogP contribution >= 0.6 is 0 Å². The standard InChI is InChI=1S/C15H21F2NO3/c1-3-20-10-8-18(9-11-21-4-2)15(19)12-6-5-7-13(16)14(12)17/h5-7H,3-4,8-11H2,1-2H3. The molecule has 0 aliphatic rings. The third kappa shape index (κ3) is 5.40. The lowest BCUT2D eigenvalue weighted by Crippen LogP contribution is -2.37. The first kappa shape index (κ1) is 17.5. The van der Waals surface area contributed by atoms with Crippen LogP contribution in [0.25, 0.3) is 0 Å². The number of amides is 1.